The number of hydrogen-bond acceptors (Lipinski definition) is 5. The monoisotopic (exact) mass is 436 g/mol. The van der Waals surface area contributed by atoms with E-state index >= 15 is 0 Å². The van der Waals surface area contributed by atoms with Gasteiger partial charge in [-0.3, -0.25) is 14.9 Å². The van der Waals surface area contributed by atoms with Crippen LogP contribution in [0.2, 0.25) is 0 Å². The predicted octanol–water partition coefficient (Wildman–Crippen LogP) is 3.83. The molecule has 0 aliphatic carbocycles. The number of ether oxygens (including phenoxy) is 2. The topological polar surface area (TPSA) is 67.9 Å². The minimum absolute atomic E-state index is 0.0463. The van der Waals surface area contributed by atoms with Crippen LogP contribution >= 0.6 is 12.2 Å². The maximum absolute atomic E-state index is 14.4. The number of fused-ring (bicyclic) bond motifs is 1. The third kappa shape index (κ3) is 3.62. The predicted molar refractivity (Wildman–Crippen MR) is 120 cm³/mol. The van der Waals surface area contributed by atoms with Gasteiger partial charge in [-0.05, 0) is 59.4 Å². The van der Waals surface area contributed by atoms with Crippen molar-refractivity contribution in [1.82, 2.24) is 5.32 Å². The van der Waals surface area contributed by atoms with Gasteiger partial charge >= 0.3 is 0 Å². The smallest absolute Gasteiger partial charge is 0.270 e. The number of carbonyl (C=O) groups is 2. The standard InChI is InChI=1S/C23H17FN2O4S/c1-29-14-9-7-13-8-10-20(30-2)16(15(13)11-14)12-17-21(27)25-23(31)26(22(17)28)19-6-4-3-5-18(19)24/h3-12H,1-2H3,(H,25,27,31). The maximum Gasteiger partial charge on any atom is 0.270 e. The number of nitrogens with one attached hydrogen (secondary N) is 1. The lowest BCUT2D eigenvalue weighted by Gasteiger charge is -2.29. The lowest BCUT2D eigenvalue weighted by molar-refractivity contribution is -0.122. The number of para-hydroxylation sites is 1. The van der Waals surface area contributed by atoms with E-state index in [0.29, 0.717) is 17.1 Å². The summed E-state index contributed by atoms with van der Waals surface area (Å²) < 4.78 is 25.1. The van der Waals surface area contributed by atoms with Crippen LogP contribution in [0.15, 0.2) is 60.2 Å². The fourth-order valence-electron chi connectivity index (χ4n) is 3.41. The Hall–Kier alpha value is -3.78. The molecule has 0 aromatic heterocycles. The highest BCUT2D eigenvalue weighted by Crippen LogP contribution is 2.33. The maximum atomic E-state index is 14.4. The van der Waals surface area contributed by atoms with Gasteiger partial charge in [0, 0.05) is 5.56 Å². The van der Waals surface area contributed by atoms with Crippen molar-refractivity contribution >= 4 is 51.7 Å². The van der Waals surface area contributed by atoms with Gasteiger partial charge in [0.25, 0.3) is 11.8 Å². The molecule has 8 heteroatoms. The molecule has 4 rings (SSSR count). The Bertz CT molecular complexity index is 1270. The van der Waals surface area contributed by atoms with Crippen molar-refractivity contribution in [2.45, 2.75) is 0 Å². The van der Waals surface area contributed by atoms with Crippen LogP contribution in [-0.4, -0.2) is 31.1 Å². The Kier molecular flexibility index (Phi) is 5.39. The summed E-state index contributed by atoms with van der Waals surface area (Å²) in [6.07, 6.45) is 1.42. The van der Waals surface area contributed by atoms with E-state index in [1.54, 1.807) is 25.3 Å². The van der Waals surface area contributed by atoms with Gasteiger partial charge in [-0.2, -0.15) is 0 Å². The Morgan fingerprint density at radius 3 is 2.48 bits per heavy atom. The second-order valence-corrected chi connectivity index (χ2v) is 7.06. The molecule has 6 nitrogen and oxygen atoms in total. The van der Waals surface area contributed by atoms with E-state index in [4.69, 9.17) is 21.7 Å². The van der Waals surface area contributed by atoms with Gasteiger partial charge in [-0.1, -0.05) is 24.3 Å². The third-order valence-corrected chi connectivity index (χ3v) is 5.22. The Morgan fingerprint density at radius 1 is 1.03 bits per heavy atom. The van der Waals surface area contributed by atoms with Crippen molar-refractivity contribution in [3.8, 4) is 11.5 Å². The van der Waals surface area contributed by atoms with Crippen LogP contribution in [0.25, 0.3) is 16.8 Å². The van der Waals surface area contributed by atoms with E-state index in [1.807, 2.05) is 18.2 Å². The largest absolute Gasteiger partial charge is 0.497 e. The Labute approximate surface area is 182 Å². The van der Waals surface area contributed by atoms with E-state index in [1.165, 1.54) is 31.4 Å². The van der Waals surface area contributed by atoms with Gasteiger partial charge < -0.3 is 9.47 Å². The first-order valence-electron chi connectivity index (χ1n) is 9.25. The second-order valence-electron chi connectivity index (χ2n) is 6.68. The van der Waals surface area contributed by atoms with Crippen molar-refractivity contribution in [3.05, 3.63) is 71.6 Å². The molecular formula is C23H17FN2O4S. The fraction of sp³-hybridized carbons (Fsp3) is 0.0870. The number of halogens is 1. The van der Waals surface area contributed by atoms with Gasteiger partial charge in [-0.25, -0.2) is 9.29 Å². The SMILES string of the molecule is COc1ccc2ccc(OC)c(C=C3C(=O)NC(=S)N(c4ccccc4F)C3=O)c2c1. The summed E-state index contributed by atoms with van der Waals surface area (Å²) in [5.74, 6) is -0.986. The summed E-state index contributed by atoms with van der Waals surface area (Å²) in [5.41, 5.74) is 0.263. The quantitative estimate of drug-likeness (QED) is 0.383. The molecule has 1 N–H and O–H groups in total. The molecule has 1 saturated heterocycles. The minimum Gasteiger partial charge on any atom is -0.497 e. The van der Waals surface area contributed by atoms with Crippen LogP contribution in [-0.2, 0) is 9.59 Å². The van der Waals surface area contributed by atoms with E-state index in [0.717, 1.165) is 15.7 Å². The number of thiocarbonyl (C=S) groups is 1. The summed E-state index contributed by atoms with van der Waals surface area (Å²) in [6, 6.07) is 14.8. The van der Waals surface area contributed by atoms with Crippen LogP contribution in [0.5, 0.6) is 11.5 Å². The third-order valence-electron chi connectivity index (χ3n) is 4.93. The molecule has 156 valence electrons. The molecule has 1 aliphatic rings. The molecule has 0 spiro atoms. The highest BCUT2D eigenvalue weighted by Gasteiger charge is 2.36. The normalized spacial score (nSPS) is 15.4. The number of nitrogens with zero attached hydrogens (tertiary/aromatic N) is 1. The molecule has 0 saturated carbocycles. The fourth-order valence-corrected chi connectivity index (χ4v) is 3.68. The molecule has 3 aromatic rings. The summed E-state index contributed by atoms with van der Waals surface area (Å²) in [4.78, 5) is 26.9. The summed E-state index contributed by atoms with van der Waals surface area (Å²) >= 11 is 5.14. The molecule has 0 radical (unpaired) electrons. The number of amides is 2. The zero-order chi connectivity index (χ0) is 22.1. The highest BCUT2D eigenvalue weighted by molar-refractivity contribution is 7.80. The van der Waals surface area contributed by atoms with Gasteiger partial charge in [0.15, 0.2) is 5.11 Å². The Balaban J connectivity index is 1.90. The number of rotatable bonds is 4. The lowest BCUT2D eigenvalue weighted by atomic mass is 9.99. The first kappa shape index (κ1) is 20.5. The highest BCUT2D eigenvalue weighted by atomic mass is 32.1. The number of carbonyl (C=O) groups excluding carboxylic acids is 2. The van der Waals surface area contributed by atoms with Crippen molar-refractivity contribution in [1.29, 1.82) is 0 Å². The number of benzene rings is 3. The number of hydrogen-bond donors (Lipinski definition) is 1. The molecule has 0 bridgehead atoms. The van der Waals surface area contributed by atoms with Crippen LogP contribution in [0.1, 0.15) is 5.56 Å². The summed E-state index contributed by atoms with van der Waals surface area (Å²) in [7, 11) is 3.04. The van der Waals surface area contributed by atoms with Gasteiger partial charge in [0.2, 0.25) is 0 Å². The second kappa shape index (κ2) is 8.16. The first-order chi connectivity index (χ1) is 14.9. The average molecular weight is 436 g/mol. The van der Waals surface area contributed by atoms with E-state index in [2.05, 4.69) is 5.32 Å². The van der Waals surface area contributed by atoms with Crippen molar-refractivity contribution in [3.63, 3.8) is 0 Å². The molecular weight excluding hydrogens is 419 g/mol. The molecule has 3 aromatic carbocycles. The van der Waals surface area contributed by atoms with E-state index in [9.17, 15) is 14.0 Å². The summed E-state index contributed by atoms with van der Waals surface area (Å²) in [6.45, 7) is 0. The lowest BCUT2D eigenvalue weighted by Crippen LogP contribution is -2.54. The number of anilines is 1. The van der Waals surface area contributed by atoms with Crippen LogP contribution < -0.4 is 19.7 Å². The zero-order valence-electron chi connectivity index (χ0n) is 16.6. The summed E-state index contributed by atoms with van der Waals surface area (Å²) in [5, 5.41) is 3.85. The van der Waals surface area contributed by atoms with Gasteiger partial charge in [-0.15, -0.1) is 0 Å². The van der Waals surface area contributed by atoms with Gasteiger partial charge in [0.1, 0.15) is 22.9 Å². The molecule has 1 fully saturated rings. The molecule has 0 atom stereocenters. The first-order valence-corrected chi connectivity index (χ1v) is 9.66. The Morgan fingerprint density at radius 2 is 1.77 bits per heavy atom. The van der Waals surface area contributed by atoms with E-state index in [-0.39, 0.29) is 16.4 Å². The van der Waals surface area contributed by atoms with Crippen molar-refractivity contribution < 1.29 is 23.5 Å². The van der Waals surface area contributed by atoms with Crippen LogP contribution in [0, 0.1) is 5.82 Å². The minimum atomic E-state index is -0.735. The average Bonchev–Trinajstić information content (AvgIpc) is 2.77. The molecule has 1 heterocycles. The molecule has 0 unspecified atom stereocenters. The van der Waals surface area contributed by atoms with Crippen LogP contribution in [0.4, 0.5) is 10.1 Å². The van der Waals surface area contributed by atoms with E-state index < -0.39 is 17.6 Å². The molecule has 1 aliphatic heterocycles. The molecule has 31 heavy (non-hydrogen) atoms. The van der Waals surface area contributed by atoms with Crippen LogP contribution in [0.3, 0.4) is 0 Å². The zero-order valence-corrected chi connectivity index (χ0v) is 17.5. The number of methoxy groups -OCH3 is 2. The van der Waals surface area contributed by atoms with Crippen molar-refractivity contribution in [2.75, 3.05) is 19.1 Å². The van der Waals surface area contributed by atoms with Gasteiger partial charge in [0.05, 0.1) is 19.9 Å². The van der Waals surface area contributed by atoms with Crippen molar-refractivity contribution in [2.24, 2.45) is 0 Å². The molecule has 2 amide bonds.